The molecule has 0 bridgehead atoms. The van der Waals surface area contributed by atoms with Gasteiger partial charge in [-0.3, -0.25) is 14.9 Å². The number of non-ortho nitro benzene ring substituents is 1. The third kappa shape index (κ3) is 5.54. The minimum absolute atomic E-state index is 0.0113. The van der Waals surface area contributed by atoms with Gasteiger partial charge in [-0.25, -0.2) is 4.79 Å². The van der Waals surface area contributed by atoms with Gasteiger partial charge in [0.2, 0.25) is 0 Å². The lowest BCUT2D eigenvalue weighted by atomic mass is 10.1. The first-order chi connectivity index (χ1) is 11.0. The van der Waals surface area contributed by atoms with Crippen LogP contribution in [0.25, 0.3) is 0 Å². The Hall–Kier alpha value is -2.70. The molecule has 1 atom stereocenters. The molecular weight excluding hydrogens is 302 g/mol. The monoisotopic (exact) mass is 321 g/mol. The Kier molecular flexibility index (Phi) is 7.45. The Balaban J connectivity index is 2.97. The summed E-state index contributed by atoms with van der Waals surface area (Å²) in [5.74, 6) is -0.448. The molecule has 1 aromatic rings. The number of unbranched alkanes of at least 4 members (excludes halogenated alkanes) is 1. The number of benzene rings is 1. The lowest BCUT2D eigenvalue weighted by molar-refractivity contribution is -0.384. The molecule has 124 valence electrons. The Labute approximate surface area is 134 Å². The summed E-state index contributed by atoms with van der Waals surface area (Å²) in [6.07, 6.45) is 3.02. The molecule has 0 aliphatic carbocycles. The van der Waals surface area contributed by atoms with Crippen molar-refractivity contribution in [2.24, 2.45) is 0 Å². The summed E-state index contributed by atoms with van der Waals surface area (Å²) in [6, 6.07) is 3.63. The largest absolute Gasteiger partial charge is 0.478 e. The van der Waals surface area contributed by atoms with Gasteiger partial charge in [0.05, 0.1) is 10.5 Å². The summed E-state index contributed by atoms with van der Waals surface area (Å²) in [5.41, 5.74) is -0.212. The van der Waals surface area contributed by atoms with Crippen LogP contribution in [0.5, 0.6) is 5.75 Å². The van der Waals surface area contributed by atoms with Crippen LogP contribution in [0.3, 0.4) is 0 Å². The normalized spacial score (nSPS) is 11.3. The molecule has 0 spiro atoms. The maximum Gasteiger partial charge on any atom is 0.347 e. The summed E-state index contributed by atoms with van der Waals surface area (Å²) in [5, 5.41) is 10.7. The predicted molar refractivity (Wildman–Crippen MR) is 83.6 cm³/mol. The molecule has 0 amide bonds. The average Bonchev–Trinajstić information content (AvgIpc) is 2.56. The van der Waals surface area contributed by atoms with Crippen LogP contribution < -0.4 is 4.74 Å². The van der Waals surface area contributed by atoms with E-state index in [1.807, 2.05) is 6.92 Å². The third-order valence-corrected chi connectivity index (χ3v) is 3.03. The van der Waals surface area contributed by atoms with E-state index in [0.29, 0.717) is 12.7 Å². The first-order valence-electron chi connectivity index (χ1n) is 7.21. The zero-order valence-electron chi connectivity index (χ0n) is 12.9. The Morgan fingerprint density at radius 3 is 2.78 bits per heavy atom. The van der Waals surface area contributed by atoms with Gasteiger partial charge in [0, 0.05) is 12.1 Å². The van der Waals surface area contributed by atoms with Crippen LogP contribution in [0.2, 0.25) is 0 Å². The number of rotatable bonds is 10. The maximum atomic E-state index is 12.0. The summed E-state index contributed by atoms with van der Waals surface area (Å²) in [6.45, 7) is 5.49. The van der Waals surface area contributed by atoms with Crippen molar-refractivity contribution in [2.45, 2.75) is 32.3 Å². The number of nitro benzene ring substituents is 1. The van der Waals surface area contributed by atoms with Crippen molar-refractivity contribution >= 4 is 17.9 Å². The molecular formula is C16H19NO6. The second-order valence-electron chi connectivity index (χ2n) is 4.76. The molecule has 1 rings (SSSR count). The maximum absolute atomic E-state index is 12.0. The summed E-state index contributed by atoms with van der Waals surface area (Å²) < 4.78 is 10.5. The summed E-state index contributed by atoms with van der Waals surface area (Å²) in [7, 11) is 0. The number of nitro groups is 1. The van der Waals surface area contributed by atoms with Gasteiger partial charge in [-0.2, -0.15) is 0 Å². The Bertz CT molecular complexity index is 584. The zero-order valence-corrected chi connectivity index (χ0v) is 12.9. The second-order valence-corrected chi connectivity index (χ2v) is 4.76. The fraction of sp³-hybridized carbons (Fsp3) is 0.375. The van der Waals surface area contributed by atoms with E-state index in [9.17, 15) is 19.7 Å². The topological polar surface area (TPSA) is 95.7 Å². The number of nitrogens with zero attached hydrogens (tertiary/aromatic N) is 1. The quantitative estimate of drug-likeness (QED) is 0.216. The highest BCUT2D eigenvalue weighted by atomic mass is 16.6. The number of hydrogen-bond acceptors (Lipinski definition) is 6. The van der Waals surface area contributed by atoms with Gasteiger partial charge in [-0.15, -0.1) is 0 Å². The van der Waals surface area contributed by atoms with E-state index in [4.69, 9.17) is 9.47 Å². The van der Waals surface area contributed by atoms with Crippen molar-refractivity contribution in [1.29, 1.82) is 0 Å². The molecule has 0 aliphatic heterocycles. The van der Waals surface area contributed by atoms with E-state index in [2.05, 4.69) is 6.58 Å². The summed E-state index contributed by atoms with van der Waals surface area (Å²) >= 11 is 0. The van der Waals surface area contributed by atoms with Crippen LogP contribution in [0.4, 0.5) is 5.69 Å². The minimum Gasteiger partial charge on any atom is -0.478 e. The van der Waals surface area contributed by atoms with E-state index in [0.717, 1.165) is 18.9 Å². The number of aldehydes is 1. The van der Waals surface area contributed by atoms with E-state index in [1.165, 1.54) is 18.2 Å². The number of ether oxygens (including phenoxy) is 2. The molecule has 0 radical (unpaired) electrons. The van der Waals surface area contributed by atoms with Gasteiger partial charge in [-0.05, 0) is 18.9 Å². The molecule has 7 nitrogen and oxygen atoms in total. The number of carbonyl (C=O) groups is 2. The molecule has 0 heterocycles. The zero-order chi connectivity index (χ0) is 17.2. The van der Waals surface area contributed by atoms with E-state index in [-0.39, 0.29) is 23.6 Å². The van der Waals surface area contributed by atoms with Crippen molar-refractivity contribution in [3.8, 4) is 5.75 Å². The van der Waals surface area contributed by atoms with E-state index < -0.39 is 17.0 Å². The van der Waals surface area contributed by atoms with Crippen molar-refractivity contribution < 1.29 is 24.0 Å². The number of carbonyl (C=O) groups excluding carboxylic acids is 2. The molecule has 0 saturated heterocycles. The highest BCUT2D eigenvalue weighted by Gasteiger charge is 2.23. The smallest absolute Gasteiger partial charge is 0.347 e. The Morgan fingerprint density at radius 2 is 2.22 bits per heavy atom. The predicted octanol–water partition coefficient (Wildman–Crippen LogP) is 3.07. The molecule has 7 heteroatoms. The molecule has 0 fully saturated rings. The lowest BCUT2D eigenvalue weighted by Gasteiger charge is -2.18. The molecule has 23 heavy (non-hydrogen) atoms. The van der Waals surface area contributed by atoms with Gasteiger partial charge in [0.15, 0.2) is 12.4 Å². The minimum atomic E-state index is -0.880. The molecule has 0 saturated carbocycles. The van der Waals surface area contributed by atoms with Gasteiger partial charge in [0.25, 0.3) is 5.69 Å². The highest BCUT2D eigenvalue weighted by molar-refractivity contribution is 5.81. The van der Waals surface area contributed by atoms with Gasteiger partial charge in [0.1, 0.15) is 12.4 Å². The fourth-order valence-electron chi connectivity index (χ4n) is 1.85. The number of esters is 1. The standard InChI is InChI=1S/C16H19NO6/c1-3-5-6-15(16(19)22-9-4-2)23-14-8-7-13(17(20)21)10-12(14)11-18/h4,7-8,10-11,15H,2-3,5-6,9H2,1H3. The second kappa shape index (κ2) is 9.34. The first-order valence-corrected chi connectivity index (χ1v) is 7.21. The van der Waals surface area contributed by atoms with E-state index in [1.54, 1.807) is 0 Å². The van der Waals surface area contributed by atoms with Crippen molar-refractivity contribution in [3.05, 3.63) is 46.5 Å². The molecule has 1 aromatic carbocycles. The Morgan fingerprint density at radius 1 is 1.48 bits per heavy atom. The third-order valence-electron chi connectivity index (χ3n) is 3.03. The lowest BCUT2D eigenvalue weighted by Crippen LogP contribution is -2.30. The molecule has 0 N–H and O–H groups in total. The fourth-order valence-corrected chi connectivity index (χ4v) is 1.85. The molecule has 0 aliphatic rings. The van der Waals surface area contributed by atoms with Crippen LogP contribution in [-0.4, -0.2) is 29.9 Å². The SMILES string of the molecule is C=CCOC(=O)C(CCCC)Oc1ccc([N+](=O)[O-])cc1C=O. The van der Waals surface area contributed by atoms with Gasteiger partial charge < -0.3 is 9.47 Å². The molecule has 0 aromatic heterocycles. The van der Waals surface area contributed by atoms with Crippen LogP contribution in [0.1, 0.15) is 36.5 Å². The highest BCUT2D eigenvalue weighted by Crippen LogP contribution is 2.25. The van der Waals surface area contributed by atoms with Gasteiger partial charge in [-0.1, -0.05) is 26.0 Å². The number of hydrogen-bond donors (Lipinski definition) is 0. The van der Waals surface area contributed by atoms with E-state index >= 15 is 0 Å². The van der Waals surface area contributed by atoms with Crippen molar-refractivity contribution in [2.75, 3.05) is 6.61 Å². The summed E-state index contributed by atoms with van der Waals surface area (Å²) in [4.78, 5) is 33.2. The van der Waals surface area contributed by atoms with Crippen LogP contribution in [0, 0.1) is 10.1 Å². The molecule has 1 unspecified atom stereocenters. The van der Waals surface area contributed by atoms with Gasteiger partial charge >= 0.3 is 5.97 Å². The van der Waals surface area contributed by atoms with Crippen LogP contribution >= 0.6 is 0 Å². The van der Waals surface area contributed by atoms with Crippen molar-refractivity contribution in [3.63, 3.8) is 0 Å². The first kappa shape index (κ1) is 18.3. The van der Waals surface area contributed by atoms with Crippen LogP contribution in [-0.2, 0) is 9.53 Å². The average molecular weight is 321 g/mol. The van der Waals surface area contributed by atoms with Crippen molar-refractivity contribution in [1.82, 2.24) is 0 Å². The van der Waals surface area contributed by atoms with Crippen LogP contribution in [0.15, 0.2) is 30.9 Å².